The molecule has 10 heteroatoms. The maximum Gasteiger partial charge on any atom is 0.189 e. The molecule has 0 saturated heterocycles. The second-order valence-electron chi connectivity index (χ2n) is 7.31. The molecular weight excluding hydrogens is 471 g/mol. The van der Waals surface area contributed by atoms with Gasteiger partial charge >= 0.3 is 0 Å². The molecule has 5 nitrogen and oxygen atoms in total. The van der Waals surface area contributed by atoms with Crippen LogP contribution in [-0.2, 0) is 22.1 Å². The SMILES string of the molecule is Cc1cc(-c2cccc(F)c2CNc2cc(F)c(S(=O)(=O)Cc3cscn3)c(F)c2)ccn1. The number of nitrogens with one attached hydrogen (secondary N) is 1. The summed E-state index contributed by atoms with van der Waals surface area (Å²) in [5, 5.41) is 4.29. The van der Waals surface area contributed by atoms with Crippen molar-refractivity contribution in [3.8, 4) is 11.1 Å². The molecule has 0 fully saturated rings. The lowest BCUT2D eigenvalue weighted by atomic mass is 9.99. The second-order valence-corrected chi connectivity index (χ2v) is 9.96. The fourth-order valence-electron chi connectivity index (χ4n) is 3.45. The van der Waals surface area contributed by atoms with Gasteiger partial charge in [-0.15, -0.1) is 11.3 Å². The predicted octanol–water partition coefficient (Wildman–Crippen LogP) is 5.52. The van der Waals surface area contributed by atoms with Crippen molar-refractivity contribution in [2.24, 2.45) is 0 Å². The lowest BCUT2D eigenvalue weighted by Gasteiger charge is -2.14. The van der Waals surface area contributed by atoms with Crippen molar-refractivity contribution >= 4 is 26.9 Å². The largest absolute Gasteiger partial charge is 0.381 e. The molecule has 2 aromatic heterocycles. The Morgan fingerprint density at radius 1 is 1.00 bits per heavy atom. The van der Waals surface area contributed by atoms with E-state index in [1.165, 1.54) is 28.3 Å². The Hall–Kier alpha value is -3.24. The highest BCUT2D eigenvalue weighted by Crippen LogP contribution is 2.29. The van der Waals surface area contributed by atoms with Crippen LogP contribution in [0.25, 0.3) is 11.1 Å². The van der Waals surface area contributed by atoms with E-state index < -0.39 is 37.9 Å². The number of pyridine rings is 1. The van der Waals surface area contributed by atoms with E-state index in [-0.39, 0.29) is 17.9 Å². The number of hydrogen-bond acceptors (Lipinski definition) is 6. The van der Waals surface area contributed by atoms with Crippen LogP contribution in [0.2, 0.25) is 0 Å². The van der Waals surface area contributed by atoms with E-state index in [9.17, 15) is 21.6 Å². The number of anilines is 1. The fraction of sp³-hybridized carbons (Fsp3) is 0.130. The van der Waals surface area contributed by atoms with Gasteiger partial charge in [0, 0.05) is 35.1 Å². The molecule has 1 N–H and O–H groups in total. The maximum absolute atomic E-state index is 14.7. The van der Waals surface area contributed by atoms with E-state index in [0.717, 1.165) is 23.4 Å². The molecule has 4 aromatic rings. The van der Waals surface area contributed by atoms with Gasteiger partial charge in [0.05, 0.1) is 17.0 Å². The minimum absolute atomic E-state index is 0.0160. The van der Waals surface area contributed by atoms with Gasteiger partial charge in [0.2, 0.25) is 0 Å². The Bertz CT molecular complexity index is 1390. The molecule has 0 amide bonds. The quantitative estimate of drug-likeness (QED) is 0.370. The third kappa shape index (κ3) is 5.07. The smallest absolute Gasteiger partial charge is 0.189 e. The lowest BCUT2D eigenvalue weighted by Crippen LogP contribution is -2.11. The van der Waals surface area contributed by atoms with Crippen LogP contribution in [0.4, 0.5) is 18.9 Å². The molecule has 0 aliphatic heterocycles. The Kier molecular flexibility index (Phi) is 6.48. The van der Waals surface area contributed by atoms with E-state index >= 15 is 0 Å². The average Bonchev–Trinajstić information content (AvgIpc) is 3.24. The van der Waals surface area contributed by atoms with Gasteiger partial charge in [-0.25, -0.2) is 26.6 Å². The first-order chi connectivity index (χ1) is 15.7. The molecule has 0 spiro atoms. The number of halogens is 3. The first-order valence-corrected chi connectivity index (χ1v) is 12.4. The first-order valence-electron chi connectivity index (χ1n) is 9.78. The van der Waals surface area contributed by atoms with Gasteiger partial charge in [0.1, 0.15) is 22.3 Å². The van der Waals surface area contributed by atoms with Crippen molar-refractivity contribution in [1.29, 1.82) is 0 Å². The summed E-state index contributed by atoms with van der Waals surface area (Å²) in [7, 11) is -4.28. The van der Waals surface area contributed by atoms with Gasteiger partial charge in [-0.3, -0.25) is 4.98 Å². The topological polar surface area (TPSA) is 72.0 Å². The zero-order chi connectivity index (χ0) is 23.6. The first kappa shape index (κ1) is 22.9. The van der Waals surface area contributed by atoms with Gasteiger partial charge < -0.3 is 5.32 Å². The highest BCUT2D eigenvalue weighted by atomic mass is 32.2. The summed E-state index contributed by atoms with van der Waals surface area (Å²) in [6.07, 6.45) is 1.61. The van der Waals surface area contributed by atoms with Crippen LogP contribution in [0, 0.1) is 24.4 Å². The molecule has 0 atom stereocenters. The van der Waals surface area contributed by atoms with Crippen LogP contribution in [0.3, 0.4) is 0 Å². The summed E-state index contributed by atoms with van der Waals surface area (Å²) in [5.41, 5.74) is 4.04. The molecule has 0 saturated carbocycles. The summed E-state index contributed by atoms with van der Waals surface area (Å²) in [6, 6.07) is 9.92. The van der Waals surface area contributed by atoms with Crippen LogP contribution in [0.15, 0.2) is 64.4 Å². The summed E-state index contributed by atoms with van der Waals surface area (Å²) < 4.78 is 69.0. The van der Waals surface area contributed by atoms with Gasteiger partial charge in [-0.2, -0.15) is 0 Å². The van der Waals surface area contributed by atoms with Crippen molar-refractivity contribution in [1.82, 2.24) is 9.97 Å². The molecular formula is C23H18F3N3O2S2. The summed E-state index contributed by atoms with van der Waals surface area (Å²) in [6.45, 7) is 1.74. The van der Waals surface area contributed by atoms with Gasteiger partial charge in [0.25, 0.3) is 0 Å². The monoisotopic (exact) mass is 489 g/mol. The molecule has 2 aromatic carbocycles. The van der Waals surface area contributed by atoms with Gasteiger partial charge in [0.15, 0.2) is 9.84 Å². The fourth-order valence-corrected chi connectivity index (χ4v) is 5.51. The molecule has 2 heterocycles. The van der Waals surface area contributed by atoms with Crippen LogP contribution < -0.4 is 5.32 Å². The van der Waals surface area contributed by atoms with Gasteiger partial charge in [-0.05, 0) is 48.4 Å². The Morgan fingerprint density at radius 2 is 1.76 bits per heavy atom. The lowest BCUT2D eigenvalue weighted by molar-refractivity contribution is 0.519. The summed E-state index contributed by atoms with van der Waals surface area (Å²) >= 11 is 1.18. The zero-order valence-corrected chi connectivity index (χ0v) is 19.0. The molecule has 0 radical (unpaired) electrons. The minimum atomic E-state index is -4.28. The minimum Gasteiger partial charge on any atom is -0.381 e. The van der Waals surface area contributed by atoms with E-state index in [1.807, 2.05) is 6.92 Å². The van der Waals surface area contributed by atoms with Gasteiger partial charge in [-0.1, -0.05) is 12.1 Å². The van der Waals surface area contributed by atoms with Crippen molar-refractivity contribution in [3.05, 3.63) is 94.0 Å². The standard InChI is InChI=1S/C23H18F3N3O2S2/c1-14-7-15(5-6-27-14)18-3-2-4-20(24)19(18)10-28-16-8-21(25)23(22(26)9-16)33(30,31)12-17-11-32-13-29-17/h2-9,11,13,28H,10,12H2,1H3. The number of thiazole rings is 1. The Balaban J connectivity index is 1.61. The van der Waals surface area contributed by atoms with E-state index in [4.69, 9.17) is 0 Å². The van der Waals surface area contributed by atoms with Crippen molar-refractivity contribution < 1.29 is 21.6 Å². The molecule has 4 rings (SSSR count). The van der Waals surface area contributed by atoms with E-state index in [0.29, 0.717) is 11.1 Å². The maximum atomic E-state index is 14.7. The number of hydrogen-bond donors (Lipinski definition) is 1. The number of benzene rings is 2. The number of aryl methyl sites for hydroxylation is 1. The predicted molar refractivity (Wildman–Crippen MR) is 121 cm³/mol. The number of aromatic nitrogens is 2. The van der Waals surface area contributed by atoms with Crippen LogP contribution in [0.1, 0.15) is 17.0 Å². The number of rotatable bonds is 7. The highest BCUT2D eigenvalue weighted by Gasteiger charge is 2.26. The average molecular weight is 490 g/mol. The zero-order valence-electron chi connectivity index (χ0n) is 17.3. The number of sulfone groups is 1. The van der Waals surface area contributed by atoms with Crippen LogP contribution >= 0.6 is 11.3 Å². The molecule has 0 bridgehead atoms. The van der Waals surface area contributed by atoms with E-state index in [2.05, 4.69) is 15.3 Å². The third-order valence-corrected chi connectivity index (χ3v) is 7.25. The molecule has 0 aliphatic carbocycles. The molecule has 0 unspecified atom stereocenters. The Morgan fingerprint density at radius 3 is 2.42 bits per heavy atom. The van der Waals surface area contributed by atoms with Crippen molar-refractivity contribution in [2.75, 3.05) is 5.32 Å². The molecule has 0 aliphatic rings. The molecule has 170 valence electrons. The summed E-state index contributed by atoms with van der Waals surface area (Å²) in [4.78, 5) is 6.98. The summed E-state index contributed by atoms with van der Waals surface area (Å²) in [5.74, 6) is -3.56. The van der Waals surface area contributed by atoms with Crippen LogP contribution in [-0.4, -0.2) is 18.4 Å². The molecule has 33 heavy (non-hydrogen) atoms. The number of nitrogens with zero attached hydrogens (tertiary/aromatic N) is 2. The van der Waals surface area contributed by atoms with Crippen molar-refractivity contribution in [2.45, 2.75) is 24.1 Å². The highest BCUT2D eigenvalue weighted by molar-refractivity contribution is 7.90. The van der Waals surface area contributed by atoms with E-state index in [1.54, 1.807) is 30.5 Å². The van der Waals surface area contributed by atoms with Crippen molar-refractivity contribution in [3.63, 3.8) is 0 Å². The van der Waals surface area contributed by atoms with Crippen LogP contribution in [0.5, 0.6) is 0 Å². The Labute approximate surface area is 192 Å². The second kappa shape index (κ2) is 9.32. The third-order valence-electron chi connectivity index (χ3n) is 4.93. The normalized spacial score (nSPS) is 11.5.